The SMILES string of the molecule is CCSc1ccc(NC(=O)N2CCNCC2)cc1. The number of carbonyl (C=O) groups is 1. The standard InChI is InChI=1S/C13H19N3OS/c1-2-18-12-5-3-11(4-6-12)15-13(17)16-9-7-14-8-10-16/h3-6,14H,2,7-10H2,1H3,(H,15,17). The van der Waals surface area contributed by atoms with E-state index in [9.17, 15) is 4.79 Å². The summed E-state index contributed by atoms with van der Waals surface area (Å²) in [6, 6.07) is 7.99. The minimum Gasteiger partial charge on any atom is -0.322 e. The molecule has 0 bridgehead atoms. The average Bonchev–Trinajstić information content (AvgIpc) is 2.42. The third-order valence-corrected chi connectivity index (χ3v) is 3.71. The van der Waals surface area contributed by atoms with Crippen LogP contribution in [0, 0.1) is 0 Å². The Morgan fingerprint density at radius 2 is 2.00 bits per heavy atom. The molecule has 1 aromatic rings. The highest BCUT2D eigenvalue weighted by molar-refractivity contribution is 7.99. The second-order valence-corrected chi connectivity index (χ2v) is 5.46. The summed E-state index contributed by atoms with van der Waals surface area (Å²) >= 11 is 1.80. The van der Waals surface area contributed by atoms with Crippen molar-refractivity contribution in [2.24, 2.45) is 0 Å². The third-order valence-electron chi connectivity index (χ3n) is 2.82. The van der Waals surface area contributed by atoms with Gasteiger partial charge in [-0.2, -0.15) is 0 Å². The highest BCUT2D eigenvalue weighted by Gasteiger charge is 2.15. The van der Waals surface area contributed by atoms with Gasteiger partial charge < -0.3 is 15.5 Å². The molecule has 0 saturated carbocycles. The Bertz CT molecular complexity index is 388. The van der Waals surface area contributed by atoms with Crippen LogP contribution in [-0.2, 0) is 0 Å². The molecule has 5 heteroatoms. The van der Waals surface area contributed by atoms with E-state index in [0.29, 0.717) is 0 Å². The first kappa shape index (κ1) is 13.2. The summed E-state index contributed by atoms with van der Waals surface area (Å²) < 4.78 is 0. The van der Waals surface area contributed by atoms with Crippen LogP contribution in [0.3, 0.4) is 0 Å². The summed E-state index contributed by atoms with van der Waals surface area (Å²) in [6.45, 7) is 5.43. The molecule has 2 N–H and O–H groups in total. The number of thioether (sulfide) groups is 1. The minimum atomic E-state index is -0.00704. The van der Waals surface area contributed by atoms with Gasteiger partial charge in [0.15, 0.2) is 0 Å². The maximum Gasteiger partial charge on any atom is 0.321 e. The summed E-state index contributed by atoms with van der Waals surface area (Å²) in [6.07, 6.45) is 0. The maximum atomic E-state index is 12.0. The summed E-state index contributed by atoms with van der Waals surface area (Å²) in [4.78, 5) is 15.0. The van der Waals surface area contributed by atoms with E-state index in [1.807, 2.05) is 29.2 Å². The molecule has 1 aromatic carbocycles. The van der Waals surface area contributed by atoms with Crippen molar-refractivity contribution in [3.8, 4) is 0 Å². The Morgan fingerprint density at radius 3 is 2.61 bits per heavy atom. The molecular formula is C13H19N3OS. The van der Waals surface area contributed by atoms with E-state index < -0.39 is 0 Å². The minimum absolute atomic E-state index is 0.00704. The maximum absolute atomic E-state index is 12.0. The van der Waals surface area contributed by atoms with Gasteiger partial charge in [0.25, 0.3) is 0 Å². The van der Waals surface area contributed by atoms with Crippen LogP contribution in [-0.4, -0.2) is 42.9 Å². The van der Waals surface area contributed by atoms with E-state index in [0.717, 1.165) is 37.6 Å². The average molecular weight is 265 g/mol. The normalized spacial score (nSPS) is 15.5. The molecule has 0 aromatic heterocycles. The lowest BCUT2D eigenvalue weighted by Gasteiger charge is -2.27. The molecule has 2 rings (SSSR count). The van der Waals surface area contributed by atoms with Crippen LogP contribution in [0.2, 0.25) is 0 Å². The van der Waals surface area contributed by atoms with Gasteiger partial charge in [-0.3, -0.25) is 0 Å². The van der Waals surface area contributed by atoms with Gasteiger partial charge in [0.2, 0.25) is 0 Å². The molecule has 1 aliphatic heterocycles. The van der Waals surface area contributed by atoms with Gasteiger partial charge in [0.1, 0.15) is 0 Å². The van der Waals surface area contributed by atoms with Gasteiger partial charge in [-0.1, -0.05) is 6.92 Å². The zero-order chi connectivity index (χ0) is 12.8. The molecular weight excluding hydrogens is 246 g/mol. The molecule has 1 heterocycles. The zero-order valence-corrected chi connectivity index (χ0v) is 11.4. The molecule has 0 aliphatic carbocycles. The van der Waals surface area contributed by atoms with Crippen molar-refractivity contribution in [2.45, 2.75) is 11.8 Å². The molecule has 98 valence electrons. The lowest BCUT2D eigenvalue weighted by Crippen LogP contribution is -2.48. The highest BCUT2D eigenvalue weighted by atomic mass is 32.2. The van der Waals surface area contributed by atoms with Crippen LogP contribution in [0.25, 0.3) is 0 Å². The molecule has 1 aliphatic rings. The van der Waals surface area contributed by atoms with Crippen LogP contribution in [0.15, 0.2) is 29.2 Å². The second-order valence-electron chi connectivity index (χ2n) is 4.12. The second kappa shape index (κ2) is 6.66. The number of nitrogens with zero attached hydrogens (tertiary/aromatic N) is 1. The fourth-order valence-corrected chi connectivity index (χ4v) is 2.53. The van der Waals surface area contributed by atoms with Gasteiger partial charge in [-0.25, -0.2) is 4.79 Å². The van der Waals surface area contributed by atoms with E-state index in [4.69, 9.17) is 0 Å². The third kappa shape index (κ3) is 3.65. The molecule has 0 atom stereocenters. The van der Waals surface area contributed by atoms with Crippen LogP contribution >= 0.6 is 11.8 Å². The lowest BCUT2D eigenvalue weighted by molar-refractivity contribution is 0.204. The number of amides is 2. The number of hydrogen-bond donors (Lipinski definition) is 2. The molecule has 0 spiro atoms. The lowest BCUT2D eigenvalue weighted by atomic mass is 10.3. The summed E-state index contributed by atoms with van der Waals surface area (Å²) in [5.74, 6) is 1.06. The number of urea groups is 1. The first-order valence-electron chi connectivity index (χ1n) is 6.29. The number of nitrogens with one attached hydrogen (secondary N) is 2. The van der Waals surface area contributed by atoms with Crippen molar-refractivity contribution < 1.29 is 4.79 Å². The number of benzene rings is 1. The number of anilines is 1. The smallest absolute Gasteiger partial charge is 0.321 e. The number of carbonyl (C=O) groups excluding carboxylic acids is 1. The van der Waals surface area contributed by atoms with Crippen molar-refractivity contribution >= 4 is 23.5 Å². The molecule has 0 unspecified atom stereocenters. The molecule has 18 heavy (non-hydrogen) atoms. The van der Waals surface area contributed by atoms with E-state index in [2.05, 4.69) is 17.6 Å². The highest BCUT2D eigenvalue weighted by Crippen LogP contribution is 2.19. The van der Waals surface area contributed by atoms with Crippen LogP contribution in [0.4, 0.5) is 10.5 Å². The molecule has 1 fully saturated rings. The van der Waals surface area contributed by atoms with Gasteiger partial charge in [-0.15, -0.1) is 11.8 Å². The van der Waals surface area contributed by atoms with E-state index in [1.54, 1.807) is 11.8 Å². The van der Waals surface area contributed by atoms with E-state index >= 15 is 0 Å². The predicted octanol–water partition coefficient (Wildman–Crippen LogP) is 2.24. The Kier molecular flexibility index (Phi) is 4.90. The quantitative estimate of drug-likeness (QED) is 0.824. The van der Waals surface area contributed by atoms with Crippen LogP contribution in [0.1, 0.15) is 6.92 Å². The largest absolute Gasteiger partial charge is 0.322 e. The monoisotopic (exact) mass is 265 g/mol. The summed E-state index contributed by atoms with van der Waals surface area (Å²) in [5.41, 5.74) is 0.860. The Balaban J connectivity index is 1.89. The Labute approximate surface area is 112 Å². The molecule has 0 radical (unpaired) electrons. The van der Waals surface area contributed by atoms with E-state index in [1.165, 1.54) is 4.90 Å². The zero-order valence-electron chi connectivity index (χ0n) is 10.6. The van der Waals surface area contributed by atoms with Crippen molar-refractivity contribution in [3.63, 3.8) is 0 Å². The first-order valence-corrected chi connectivity index (χ1v) is 7.27. The van der Waals surface area contributed by atoms with E-state index in [-0.39, 0.29) is 6.03 Å². The summed E-state index contributed by atoms with van der Waals surface area (Å²) in [5, 5.41) is 6.16. The fourth-order valence-electron chi connectivity index (χ4n) is 1.87. The first-order chi connectivity index (χ1) is 8.79. The topological polar surface area (TPSA) is 44.4 Å². The van der Waals surface area contributed by atoms with Gasteiger partial charge >= 0.3 is 6.03 Å². The van der Waals surface area contributed by atoms with Crippen LogP contribution in [0.5, 0.6) is 0 Å². The van der Waals surface area contributed by atoms with Crippen molar-refractivity contribution in [1.82, 2.24) is 10.2 Å². The van der Waals surface area contributed by atoms with Crippen molar-refractivity contribution in [3.05, 3.63) is 24.3 Å². The fraction of sp³-hybridized carbons (Fsp3) is 0.462. The number of rotatable bonds is 3. The number of hydrogen-bond acceptors (Lipinski definition) is 3. The van der Waals surface area contributed by atoms with Crippen molar-refractivity contribution in [2.75, 3.05) is 37.2 Å². The van der Waals surface area contributed by atoms with Gasteiger partial charge in [0, 0.05) is 36.8 Å². The Morgan fingerprint density at radius 1 is 1.33 bits per heavy atom. The summed E-state index contributed by atoms with van der Waals surface area (Å²) in [7, 11) is 0. The van der Waals surface area contributed by atoms with Crippen LogP contribution < -0.4 is 10.6 Å². The molecule has 1 saturated heterocycles. The number of piperazine rings is 1. The molecule has 4 nitrogen and oxygen atoms in total. The van der Waals surface area contributed by atoms with Gasteiger partial charge in [-0.05, 0) is 30.0 Å². The Hall–Kier alpha value is -1.20. The van der Waals surface area contributed by atoms with Crippen molar-refractivity contribution in [1.29, 1.82) is 0 Å². The molecule has 2 amide bonds. The predicted molar refractivity (Wildman–Crippen MR) is 76.3 cm³/mol. The van der Waals surface area contributed by atoms with Gasteiger partial charge in [0.05, 0.1) is 0 Å².